The highest BCUT2D eigenvalue weighted by Crippen LogP contribution is 2.13. The number of anilines is 3. The van der Waals surface area contributed by atoms with Crippen LogP contribution in [-0.4, -0.2) is 134 Å². The second-order valence-electron chi connectivity index (χ2n) is 14.8. The molecule has 0 aromatic heterocycles. The molecule has 5 N–H and O–H groups in total. The van der Waals surface area contributed by atoms with E-state index in [-0.39, 0.29) is 41.4 Å². The molecule has 2 amide bonds. The molecule has 0 aliphatic carbocycles. The molecule has 3 aromatic rings. The Morgan fingerprint density at radius 3 is 1.38 bits per heavy atom. The summed E-state index contributed by atoms with van der Waals surface area (Å²) in [6, 6.07) is 30.2. The van der Waals surface area contributed by atoms with Gasteiger partial charge in [-0.25, -0.2) is 9.59 Å². The lowest BCUT2D eigenvalue weighted by Gasteiger charge is -2.35. The third kappa shape index (κ3) is 24.8. The number of carbonyl (C=O) groups excluding carboxylic acids is 2. The van der Waals surface area contributed by atoms with Gasteiger partial charge in [0.15, 0.2) is 0 Å². The molecule has 56 heavy (non-hydrogen) atoms. The van der Waals surface area contributed by atoms with Crippen molar-refractivity contribution in [1.82, 2.24) is 20.0 Å². The number of halogens is 2. The number of nitrogens with one attached hydrogen (secondary N) is 4. The van der Waals surface area contributed by atoms with Crippen molar-refractivity contribution in [3.63, 3.8) is 0 Å². The Morgan fingerprint density at radius 1 is 0.625 bits per heavy atom. The van der Waals surface area contributed by atoms with Crippen molar-refractivity contribution in [1.29, 1.82) is 0 Å². The van der Waals surface area contributed by atoms with E-state index < -0.39 is 5.60 Å². The third-order valence-electron chi connectivity index (χ3n) is 7.74. The molecule has 0 atom stereocenters. The predicted octanol–water partition coefficient (Wildman–Crippen LogP) is 7.64. The summed E-state index contributed by atoms with van der Waals surface area (Å²) in [7, 11) is 0. The van der Waals surface area contributed by atoms with E-state index >= 15 is 0 Å². The number of benzene rings is 3. The summed E-state index contributed by atoms with van der Waals surface area (Å²) in [4.78, 5) is 29.4. The SMILES string of the molecule is Br.BrCCNc1ccccc1.CC(C)(C)OC(=O)N1CCN(CCNc2ccccc2)CC1.CC(C)(C)OC(=O)N1CCNCC1.OCCNc1ccccc1. The van der Waals surface area contributed by atoms with E-state index in [4.69, 9.17) is 14.6 Å². The zero-order valence-electron chi connectivity index (χ0n) is 34.3. The summed E-state index contributed by atoms with van der Waals surface area (Å²) in [5.74, 6) is 0. The zero-order chi connectivity index (χ0) is 40.4. The molecular weight excluding hydrogens is 842 g/mol. The van der Waals surface area contributed by atoms with Crippen LogP contribution in [0.4, 0.5) is 26.7 Å². The van der Waals surface area contributed by atoms with Crippen LogP contribution in [0.25, 0.3) is 0 Å². The highest BCUT2D eigenvalue weighted by molar-refractivity contribution is 9.09. The number of hydrogen-bond acceptors (Lipinski definition) is 10. The van der Waals surface area contributed by atoms with Gasteiger partial charge in [-0.15, -0.1) is 17.0 Å². The van der Waals surface area contributed by atoms with E-state index in [0.29, 0.717) is 6.54 Å². The maximum Gasteiger partial charge on any atom is 0.410 e. The van der Waals surface area contributed by atoms with Gasteiger partial charge in [-0.2, -0.15) is 0 Å². The molecule has 2 saturated heterocycles. The monoisotopic (exact) mass is 907 g/mol. The van der Waals surface area contributed by atoms with Crippen molar-refractivity contribution in [2.45, 2.75) is 52.7 Å². The number of aliphatic hydroxyl groups excluding tert-OH is 1. The van der Waals surface area contributed by atoms with Gasteiger partial charge in [0.05, 0.1) is 6.61 Å². The van der Waals surface area contributed by atoms with Crippen molar-refractivity contribution in [2.24, 2.45) is 0 Å². The number of hydrogen-bond donors (Lipinski definition) is 5. The number of piperazine rings is 2. The summed E-state index contributed by atoms with van der Waals surface area (Å²) in [6.07, 6.45) is -0.399. The van der Waals surface area contributed by atoms with Crippen molar-refractivity contribution in [3.05, 3.63) is 91.0 Å². The van der Waals surface area contributed by atoms with Crippen LogP contribution in [0.15, 0.2) is 91.0 Å². The molecule has 0 saturated carbocycles. The molecule has 314 valence electrons. The zero-order valence-corrected chi connectivity index (χ0v) is 37.6. The number of aliphatic hydroxyl groups is 1. The van der Waals surface area contributed by atoms with Crippen LogP contribution in [0.1, 0.15) is 41.5 Å². The average molecular weight is 910 g/mol. The smallest absolute Gasteiger partial charge is 0.410 e. The predicted molar refractivity (Wildman–Crippen MR) is 241 cm³/mol. The topological polar surface area (TPSA) is 131 Å². The fraction of sp³-hybridized carbons (Fsp3) is 0.524. The standard InChI is InChI=1S/C17H27N3O2.C9H18N2O2.C8H10BrN.C8H11NO.BrH/c1-17(2,3)22-16(21)20-13-11-19(12-14-20)10-9-18-15-7-5-4-6-8-15;1-9(2,3)13-8(12)11-6-4-10-5-7-11;9-6-7-10-8-4-2-1-3-5-8;10-7-6-9-8-4-2-1-3-5-8;/h4-8,18H,9-14H2,1-3H3;10H,4-7H2,1-3H3;1-5,10H,6-7H2;1-5,9-10H,6-7H2;1H. The number of rotatable bonds is 10. The first-order chi connectivity index (χ1) is 26.3. The molecule has 2 aliphatic heterocycles. The minimum Gasteiger partial charge on any atom is -0.444 e. The molecule has 2 aliphatic rings. The van der Waals surface area contributed by atoms with Crippen LogP contribution in [0.2, 0.25) is 0 Å². The van der Waals surface area contributed by atoms with Gasteiger partial charge in [0.2, 0.25) is 0 Å². The van der Waals surface area contributed by atoms with Gasteiger partial charge in [-0.3, -0.25) is 4.90 Å². The Morgan fingerprint density at radius 2 is 1.00 bits per heavy atom. The lowest BCUT2D eigenvalue weighted by molar-refractivity contribution is 0.0147. The van der Waals surface area contributed by atoms with E-state index in [2.05, 4.69) is 66.4 Å². The first-order valence-corrected chi connectivity index (χ1v) is 20.3. The molecule has 0 unspecified atom stereocenters. The summed E-state index contributed by atoms with van der Waals surface area (Å²) < 4.78 is 10.6. The molecule has 3 aromatic carbocycles. The minimum atomic E-state index is -0.423. The van der Waals surface area contributed by atoms with Gasteiger partial charge in [0, 0.05) is 101 Å². The molecule has 0 spiro atoms. The lowest BCUT2D eigenvalue weighted by Crippen LogP contribution is -2.50. The Kier molecular flexibility index (Phi) is 25.9. The van der Waals surface area contributed by atoms with Crippen LogP contribution in [-0.2, 0) is 9.47 Å². The fourth-order valence-corrected chi connectivity index (χ4v) is 5.27. The molecule has 0 bridgehead atoms. The van der Waals surface area contributed by atoms with Crippen molar-refractivity contribution < 1.29 is 24.2 Å². The van der Waals surface area contributed by atoms with Crippen LogP contribution in [0.5, 0.6) is 0 Å². The number of nitrogens with zero attached hydrogens (tertiary/aromatic N) is 3. The van der Waals surface area contributed by atoms with Crippen molar-refractivity contribution in [3.8, 4) is 0 Å². The highest BCUT2D eigenvalue weighted by atomic mass is 79.9. The second-order valence-corrected chi connectivity index (χ2v) is 15.6. The van der Waals surface area contributed by atoms with Gasteiger partial charge in [-0.1, -0.05) is 70.5 Å². The molecule has 12 nitrogen and oxygen atoms in total. The van der Waals surface area contributed by atoms with Crippen molar-refractivity contribution in [2.75, 3.05) is 106 Å². The molecular formula is C42H67Br2N7O5. The summed E-state index contributed by atoms with van der Waals surface area (Å²) >= 11 is 3.34. The number of amides is 2. The second kappa shape index (κ2) is 28.8. The van der Waals surface area contributed by atoms with Gasteiger partial charge < -0.3 is 45.6 Å². The highest BCUT2D eigenvalue weighted by Gasteiger charge is 2.26. The first-order valence-electron chi connectivity index (χ1n) is 19.2. The maximum absolute atomic E-state index is 12.0. The maximum atomic E-state index is 12.0. The molecule has 5 rings (SSSR count). The molecule has 2 heterocycles. The van der Waals surface area contributed by atoms with Gasteiger partial charge in [0.25, 0.3) is 0 Å². The summed E-state index contributed by atoms with van der Waals surface area (Å²) in [6.45, 7) is 21.5. The number of carbonyl (C=O) groups is 2. The average Bonchev–Trinajstić information content (AvgIpc) is 3.17. The van der Waals surface area contributed by atoms with E-state index in [9.17, 15) is 9.59 Å². The Balaban J connectivity index is 0.000000396. The van der Waals surface area contributed by atoms with E-state index in [0.717, 1.165) is 88.7 Å². The van der Waals surface area contributed by atoms with E-state index in [1.165, 1.54) is 5.69 Å². The van der Waals surface area contributed by atoms with Crippen molar-refractivity contribution >= 4 is 62.2 Å². The lowest BCUT2D eigenvalue weighted by atomic mass is 10.2. The Hall–Kier alpha value is -3.56. The summed E-state index contributed by atoms with van der Waals surface area (Å²) in [5, 5.41) is 22.3. The van der Waals surface area contributed by atoms with Crippen LogP contribution in [0.3, 0.4) is 0 Å². The molecule has 14 heteroatoms. The Labute approximate surface area is 355 Å². The number of ether oxygens (including phenoxy) is 2. The summed E-state index contributed by atoms with van der Waals surface area (Å²) in [5.41, 5.74) is 2.57. The fourth-order valence-electron chi connectivity index (χ4n) is 5.07. The largest absolute Gasteiger partial charge is 0.444 e. The normalized spacial score (nSPS) is 14.1. The number of alkyl halides is 1. The van der Waals surface area contributed by atoms with Gasteiger partial charge >= 0.3 is 12.2 Å². The minimum absolute atomic E-state index is 0. The third-order valence-corrected chi connectivity index (χ3v) is 8.13. The first kappa shape index (κ1) is 50.5. The van der Waals surface area contributed by atoms with Gasteiger partial charge in [-0.05, 0) is 77.9 Å². The quantitative estimate of drug-likeness (QED) is 0.130. The van der Waals surface area contributed by atoms with Crippen LogP contribution in [0, 0.1) is 0 Å². The van der Waals surface area contributed by atoms with Crippen LogP contribution < -0.4 is 21.3 Å². The molecule has 0 radical (unpaired) electrons. The van der Waals surface area contributed by atoms with E-state index in [1.807, 2.05) is 108 Å². The molecule has 2 fully saturated rings. The number of para-hydroxylation sites is 3. The Bertz CT molecular complexity index is 1370. The van der Waals surface area contributed by atoms with E-state index in [1.54, 1.807) is 9.80 Å². The van der Waals surface area contributed by atoms with Crippen LogP contribution >= 0.6 is 32.9 Å². The van der Waals surface area contributed by atoms with Gasteiger partial charge in [0.1, 0.15) is 11.2 Å².